The maximum absolute atomic E-state index is 12.2. The fourth-order valence-electron chi connectivity index (χ4n) is 2.74. The summed E-state index contributed by atoms with van der Waals surface area (Å²) >= 11 is 0. The number of carbonyl (C=O) groups is 1. The molecule has 1 aliphatic rings. The normalized spacial score (nSPS) is 14.7. The molecule has 1 amide bonds. The summed E-state index contributed by atoms with van der Waals surface area (Å²) in [4.78, 5) is 26.8. The minimum Gasteiger partial charge on any atom is -0.362 e. The zero-order valence-corrected chi connectivity index (χ0v) is 13.2. The number of carbonyl (C=O) groups excluding carboxylic acids is 1. The van der Waals surface area contributed by atoms with E-state index in [2.05, 4.69) is 15.5 Å². The van der Waals surface area contributed by atoms with Gasteiger partial charge in [-0.3, -0.25) is 14.9 Å². The number of nitrogens with zero attached hydrogens (tertiary/aromatic N) is 7. The topological polar surface area (TPSA) is 110 Å². The van der Waals surface area contributed by atoms with Crippen molar-refractivity contribution in [1.29, 1.82) is 0 Å². The molecule has 1 aromatic heterocycles. The highest BCUT2D eigenvalue weighted by Crippen LogP contribution is 2.29. The van der Waals surface area contributed by atoms with Crippen LogP contribution in [0.5, 0.6) is 0 Å². The molecule has 0 atom stereocenters. The second-order valence-corrected chi connectivity index (χ2v) is 5.62. The van der Waals surface area contributed by atoms with Crippen LogP contribution in [0.25, 0.3) is 0 Å². The van der Waals surface area contributed by atoms with Crippen molar-refractivity contribution < 1.29 is 9.72 Å². The van der Waals surface area contributed by atoms with Crippen molar-refractivity contribution in [2.24, 2.45) is 0 Å². The lowest BCUT2D eigenvalue weighted by Gasteiger charge is -2.35. The van der Waals surface area contributed by atoms with Gasteiger partial charge < -0.3 is 9.80 Å². The van der Waals surface area contributed by atoms with Gasteiger partial charge >= 0.3 is 0 Å². The van der Waals surface area contributed by atoms with Crippen LogP contribution in [0, 0.1) is 17.0 Å². The Morgan fingerprint density at radius 3 is 2.67 bits per heavy atom. The molecule has 1 aromatic carbocycles. The molecule has 0 spiro atoms. The van der Waals surface area contributed by atoms with Crippen LogP contribution in [0.1, 0.15) is 5.56 Å². The average molecular weight is 331 g/mol. The van der Waals surface area contributed by atoms with Gasteiger partial charge in [0.05, 0.1) is 4.92 Å². The van der Waals surface area contributed by atoms with Gasteiger partial charge in [-0.15, -0.1) is 5.10 Å². The van der Waals surface area contributed by atoms with Crippen molar-refractivity contribution in [3.8, 4) is 0 Å². The van der Waals surface area contributed by atoms with Gasteiger partial charge in [0.1, 0.15) is 18.6 Å². The Labute approximate surface area is 137 Å². The summed E-state index contributed by atoms with van der Waals surface area (Å²) in [5, 5.41) is 21.9. The number of rotatable bonds is 4. The van der Waals surface area contributed by atoms with Crippen LogP contribution in [-0.2, 0) is 11.3 Å². The molecular weight excluding hydrogens is 314 g/mol. The van der Waals surface area contributed by atoms with Crippen molar-refractivity contribution in [2.75, 3.05) is 31.1 Å². The third-order valence-corrected chi connectivity index (χ3v) is 3.99. The van der Waals surface area contributed by atoms with E-state index in [1.165, 1.54) is 11.0 Å². The first kappa shape index (κ1) is 15.8. The molecule has 0 radical (unpaired) electrons. The molecule has 2 aromatic rings. The molecule has 1 aliphatic heterocycles. The van der Waals surface area contributed by atoms with Gasteiger partial charge in [-0.25, -0.2) is 4.68 Å². The second kappa shape index (κ2) is 6.60. The van der Waals surface area contributed by atoms with E-state index in [-0.39, 0.29) is 23.1 Å². The molecule has 126 valence electrons. The number of tetrazole rings is 1. The van der Waals surface area contributed by atoms with E-state index in [1.807, 2.05) is 17.9 Å². The summed E-state index contributed by atoms with van der Waals surface area (Å²) in [6.45, 7) is 4.03. The van der Waals surface area contributed by atoms with Crippen molar-refractivity contribution in [3.05, 3.63) is 40.2 Å². The maximum atomic E-state index is 12.2. The molecule has 24 heavy (non-hydrogen) atoms. The highest BCUT2D eigenvalue weighted by Gasteiger charge is 2.26. The first-order valence-corrected chi connectivity index (χ1v) is 7.53. The van der Waals surface area contributed by atoms with Crippen molar-refractivity contribution >= 4 is 17.3 Å². The predicted molar refractivity (Wildman–Crippen MR) is 84.4 cm³/mol. The number of anilines is 1. The molecule has 1 saturated heterocycles. The van der Waals surface area contributed by atoms with Crippen LogP contribution in [0.15, 0.2) is 24.5 Å². The van der Waals surface area contributed by atoms with Gasteiger partial charge in [0.2, 0.25) is 5.91 Å². The van der Waals surface area contributed by atoms with Gasteiger partial charge in [-0.05, 0) is 29.0 Å². The molecule has 3 rings (SSSR count). The first-order valence-electron chi connectivity index (χ1n) is 7.53. The summed E-state index contributed by atoms with van der Waals surface area (Å²) < 4.78 is 1.37. The van der Waals surface area contributed by atoms with E-state index >= 15 is 0 Å². The Balaban J connectivity index is 1.65. The summed E-state index contributed by atoms with van der Waals surface area (Å²) in [5.74, 6) is -0.0691. The fourth-order valence-corrected chi connectivity index (χ4v) is 2.74. The number of amides is 1. The number of hydrogen-bond acceptors (Lipinski definition) is 7. The molecule has 0 saturated carbocycles. The maximum Gasteiger partial charge on any atom is 0.292 e. The smallest absolute Gasteiger partial charge is 0.292 e. The molecule has 10 heteroatoms. The SMILES string of the molecule is Cc1ccc(N2CCN(C(=O)Cn3cnnn3)CC2)c([N+](=O)[O-])c1. The number of hydrogen-bond donors (Lipinski definition) is 0. The van der Waals surface area contributed by atoms with Crippen LogP contribution in [0.2, 0.25) is 0 Å². The lowest BCUT2D eigenvalue weighted by Crippen LogP contribution is -2.49. The minimum atomic E-state index is -0.364. The average Bonchev–Trinajstić information content (AvgIpc) is 3.08. The Kier molecular flexibility index (Phi) is 4.36. The van der Waals surface area contributed by atoms with Gasteiger partial charge in [0.25, 0.3) is 5.69 Å². The Morgan fingerprint density at radius 1 is 1.29 bits per heavy atom. The van der Waals surface area contributed by atoms with Crippen LogP contribution < -0.4 is 4.90 Å². The van der Waals surface area contributed by atoms with E-state index < -0.39 is 0 Å². The quantitative estimate of drug-likeness (QED) is 0.583. The highest BCUT2D eigenvalue weighted by molar-refractivity contribution is 5.76. The molecule has 0 bridgehead atoms. The van der Waals surface area contributed by atoms with Gasteiger partial charge in [-0.1, -0.05) is 6.07 Å². The van der Waals surface area contributed by atoms with Crippen molar-refractivity contribution in [1.82, 2.24) is 25.1 Å². The van der Waals surface area contributed by atoms with Gasteiger partial charge in [0.15, 0.2) is 0 Å². The molecule has 10 nitrogen and oxygen atoms in total. The standard InChI is InChI=1S/C14H17N7O3/c1-11-2-3-12(13(8-11)21(23)24)18-4-6-19(7-5-18)14(22)9-20-10-15-16-17-20/h2-3,8,10H,4-7,9H2,1H3. The van der Waals surface area contributed by atoms with E-state index in [4.69, 9.17) is 0 Å². The number of aromatic nitrogens is 4. The zero-order valence-electron chi connectivity index (χ0n) is 13.2. The fraction of sp³-hybridized carbons (Fsp3) is 0.429. The van der Waals surface area contributed by atoms with E-state index in [0.29, 0.717) is 31.9 Å². The number of nitro groups is 1. The minimum absolute atomic E-state index is 0.0691. The highest BCUT2D eigenvalue weighted by atomic mass is 16.6. The monoisotopic (exact) mass is 331 g/mol. The second-order valence-electron chi connectivity index (χ2n) is 5.62. The van der Waals surface area contributed by atoms with Gasteiger partial charge in [0, 0.05) is 32.2 Å². The predicted octanol–water partition coefficient (Wildman–Crippen LogP) is 0.239. The summed E-state index contributed by atoms with van der Waals surface area (Å²) in [5.41, 5.74) is 1.54. The largest absolute Gasteiger partial charge is 0.362 e. The Hall–Kier alpha value is -3.04. The molecule has 2 heterocycles. The lowest BCUT2D eigenvalue weighted by molar-refractivity contribution is -0.384. The van der Waals surface area contributed by atoms with E-state index in [9.17, 15) is 14.9 Å². The van der Waals surface area contributed by atoms with Crippen LogP contribution >= 0.6 is 0 Å². The lowest BCUT2D eigenvalue weighted by atomic mass is 10.1. The first-order chi connectivity index (χ1) is 11.5. The number of benzene rings is 1. The van der Waals surface area contributed by atoms with Crippen LogP contribution in [0.3, 0.4) is 0 Å². The zero-order chi connectivity index (χ0) is 17.1. The Morgan fingerprint density at radius 2 is 2.04 bits per heavy atom. The third-order valence-electron chi connectivity index (χ3n) is 3.99. The third kappa shape index (κ3) is 3.31. The molecule has 0 N–H and O–H groups in total. The van der Waals surface area contributed by atoms with E-state index in [0.717, 1.165) is 5.56 Å². The number of aryl methyl sites for hydroxylation is 1. The summed E-state index contributed by atoms with van der Waals surface area (Å²) in [6, 6.07) is 5.20. The van der Waals surface area contributed by atoms with Crippen molar-refractivity contribution in [2.45, 2.75) is 13.5 Å². The Bertz CT molecular complexity index is 739. The number of piperazine rings is 1. The molecule has 0 aliphatic carbocycles. The number of nitro benzene ring substituents is 1. The van der Waals surface area contributed by atoms with Crippen LogP contribution in [-0.4, -0.2) is 62.1 Å². The molecule has 1 fully saturated rings. The molecule has 0 unspecified atom stereocenters. The van der Waals surface area contributed by atoms with Crippen LogP contribution in [0.4, 0.5) is 11.4 Å². The summed E-state index contributed by atoms with van der Waals surface area (Å²) in [7, 11) is 0. The van der Waals surface area contributed by atoms with Gasteiger partial charge in [-0.2, -0.15) is 0 Å². The molecular formula is C14H17N7O3. The van der Waals surface area contributed by atoms with Crippen molar-refractivity contribution in [3.63, 3.8) is 0 Å². The summed E-state index contributed by atoms with van der Waals surface area (Å²) in [6.07, 6.45) is 1.39. The van der Waals surface area contributed by atoms with E-state index in [1.54, 1.807) is 17.0 Å².